The third-order valence-electron chi connectivity index (χ3n) is 5.68. The zero-order valence-electron chi connectivity index (χ0n) is 21.6. The fourth-order valence-electron chi connectivity index (χ4n) is 3.54. The Morgan fingerprint density at radius 1 is 0.811 bits per heavy atom. The van der Waals surface area contributed by atoms with Crippen molar-refractivity contribution in [1.29, 1.82) is 0 Å². The van der Waals surface area contributed by atoms with E-state index in [2.05, 4.69) is 16.0 Å². The average Bonchev–Trinajstić information content (AvgIpc) is 2.88. The Morgan fingerprint density at radius 2 is 1.32 bits per heavy atom. The van der Waals surface area contributed by atoms with Crippen molar-refractivity contribution in [2.75, 3.05) is 30.6 Å². The third kappa shape index (κ3) is 13.2. The number of carbonyl (C=O) groups is 4. The SMILES string of the molecule is CSCCC(NC(=O)C(CCSC)NC(=O)C(CCCCN)NC(=O)C(N)Cc1ccccc1)C(=O)O. The van der Waals surface area contributed by atoms with Gasteiger partial charge >= 0.3 is 5.97 Å². The van der Waals surface area contributed by atoms with Gasteiger partial charge in [-0.05, 0) is 74.7 Å². The standard InChI is InChI=1S/C25H41N5O5S2/c1-36-14-11-20(24(33)30-21(25(34)35)12-15-37-2)29-23(32)19(10-6-7-13-26)28-22(31)18(27)16-17-8-4-3-5-9-17/h3-5,8-9,18-21H,6-7,10-16,26-27H2,1-2H3,(H,28,31)(H,29,32)(H,30,33)(H,34,35). The summed E-state index contributed by atoms with van der Waals surface area (Å²) in [5.74, 6) is -1.54. The molecule has 0 spiro atoms. The summed E-state index contributed by atoms with van der Waals surface area (Å²) in [6.07, 6.45) is 6.21. The van der Waals surface area contributed by atoms with Crippen LogP contribution in [-0.2, 0) is 25.6 Å². The van der Waals surface area contributed by atoms with E-state index in [4.69, 9.17) is 11.5 Å². The molecule has 0 heterocycles. The molecule has 0 aromatic heterocycles. The van der Waals surface area contributed by atoms with E-state index in [1.54, 1.807) is 0 Å². The number of unbranched alkanes of at least 4 members (excludes halogenated alkanes) is 1. The smallest absolute Gasteiger partial charge is 0.326 e. The number of carboxylic acid groups (broad SMARTS) is 1. The van der Waals surface area contributed by atoms with Crippen LogP contribution in [0.2, 0.25) is 0 Å². The van der Waals surface area contributed by atoms with Crippen molar-refractivity contribution in [3.8, 4) is 0 Å². The number of carbonyl (C=O) groups excluding carboxylic acids is 3. The van der Waals surface area contributed by atoms with Crippen molar-refractivity contribution in [3.63, 3.8) is 0 Å². The lowest BCUT2D eigenvalue weighted by Crippen LogP contribution is -2.57. The fraction of sp³-hybridized carbons (Fsp3) is 0.600. The number of nitrogens with one attached hydrogen (secondary N) is 3. The van der Waals surface area contributed by atoms with Crippen molar-refractivity contribution in [1.82, 2.24) is 16.0 Å². The number of carboxylic acids is 1. The summed E-state index contributed by atoms with van der Waals surface area (Å²) < 4.78 is 0. The van der Waals surface area contributed by atoms with Crippen molar-refractivity contribution in [2.24, 2.45) is 11.5 Å². The number of rotatable bonds is 19. The van der Waals surface area contributed by atoms with Crippen LogP contribution in [-0.4, -0.2) is 83.5 Å². The maximum Gasteiger partial charge on any atom is 0.326 e. The molecule has 0 aliphatic carbocycles. The van der Waals surface area contributed by atoms with Crippen LogP contribution in [0.1, 0.15) is 37.7 Å². The number of nitrogens with two attached hydrogens (primary N) is 2. The van der Waals surface area contributed by atoms with Crippen molar-refractivity contribution in [3.05, 3.63) is 35.9 Å². The number of hydrogen-bond donors (Lipinski definition) is 6. The highest BCUT2D eigenvalue weighted by Crippen LogP contribution is 2.08. The van der Waals surface area contributed by atoms with E-state index in [0.717, 1.165) is 5.56 Å². The van der Waals surface area contributed by atoms with Gasteiger partial charge in [-0.15, -0.1) is 0 Å². The van der Waals surface area contributed by atoms with E-state index < -0.39 is 47.9 Å². The van der Waals surface area contributed by atoms with Gasteiger partial charge in [0.05, 0.1) is 6.04 Å². The quantitative estimate of drug-likeness (QED) is 0.134. The first-order valence-corrected chi connectivity index (χ1v) is 15.1. The molecule has 4 atom stereocenters. The summed E-state index contributed by atoms with van der Waals surface area (Å²) in [6, 6.07) is 5.59. The predicted molar refractivity (Wildman–Crippen MR) is 150 cm³/mol. The van der Waals surface area contributed by atoms with Gasteiger partial charge in [0.2, 0.25) is 17.7 Å². The number of aliphatic carboxylic acids is 1. The normalized spacial score (nSPS) is 14.2. The maximum absolute atomic E-state index is 13.2. The molecule has 0 fully saturated rings. The van der Waals surface area contributed by atoms with Crippen LogP contribution >= 0.6 is 23.5 Å². The van der Waals surface area contributed by atoms with Gasteiger partial charge in [0, 0.05) is 0 Å². The second kappa shape index (κ2) is 18.9. The second-order valence-corrected chi connectivity index (χ2v) is 10.6. The van der Waals surface area contributed by atoms with Gasteiger partial charge < -0.3 is 32.5 Å². The van der Waals surface area contributed by atoms with Crippen molar-refractivity contribution < 1.29 is 24.3 Å². The summed E-state index contributed by atoms with van der Waals surface area (Å²) in [6.45, 7) is 0.446. The molecule has 0 radical (unpaired) electrons. The lowest BCUT2D eigenvalue weighted by atomic mass is 10.0. The summed E-state index contributed by atoms with van der Waals surface area (Å²) in [5, 5.41) is 17.5. The Hall–Kier alpha value is -2.28. The Bertz CT molecular complexity index is 846. The lowest BCUT2D eigenvalue weighted by Gasteiger charge is -2.25. The zero-order chi connectivity index (χ0) is 27.6. The van der Waals surface area contributed by atoms with E-state index in [0.29, 0.717) is 50.2 Å². The van der Waals surface area contributed by atoms with Gasteiger partial charge in [-0.25, -0.2) is 4.79 Å². The number of thioether (sulfide) groups is 2. The van der Waals surface area contributed by atoms with Crippen LogP contribution in [0.4, 0.5) is 0 Å². The molecule has 0 bridgehead atoms. The molecule has 0 saturated carbocycles. The zero-order valence-corrected chi connectivity index (χ0v) is 23.2. The van der Waals surface area contributed by atoms with Crippen molar-refractivity contribution in [2.45, 2.75) is 62.7 Å². The molecule has 37 heavy (non-hydrogen) atoms. The molecule has 3 amide bonds. The minimum absolute atomic E-state index is 0.266. The highest BCUT2D eigenvalue weighted by Gasteiger charge is 2.30. The summed E-state index contributed by atoms with van der Waals surface area (Å²) in [7, 11) is 0. The number of amides is 3. The monoisotopic (exact) mass is 555 g/mol. The summed E-state index contributed by atoms with van der Waals surface area (Å²) in [4.78, 5) is 50.6. The van der Waals surface area contributed by atoms with Crippen LogP contribution in [0.15, 0.2) is 30.3 Å². The maximum atomic E-state index is 13.2. The van der Waals surface area contributed by atoms with Gasteiger partial charge in [0.1, 0.15) is 18.1 Å². The molecular weight excluding hydrogens is 514 g/mol. The molecule has 208 valence electrons. The molecule has 1 aromatic rings. The third-order valence-corrected chi connectivity index (χ3v) is 6.97. The van der Waals surface area contributed by atoms with Gasteiger partial charge in [-0.2, -0.15) is 23.5 Å². The second-order valence-electron chi connectivity index (χ2n) is 8.67. The molecule has 4 unspecified atom stereocenters. The molecule has 10 nitrogen and oxygen atoms in total. The Labute approximate surface area is 227 Å². The van der Waals surface area contributed by atoms with Crippen LogP contribution in [0.5, 0.6) is 0 Å². The molecule has 0 aliphatic heterocycles. The summed E-state index contributed by atoms with van der Waals surface area (Å²) >= 11 is 2.99. The van der Waals surface area contributed by atoms with E-state index in [9.17, 15) is 24.3 Å². The number of hydrogen-bond acceptors (Lipinski definition) is 8. The lowest BCUT2D eigenvalue weighted by molar-refractivity contribution is -0.142. The molecule has 1 aromatic carbocycles. The van der Waals surface area contributed by atoms with Crippen LogP contribution in [0.25, 0.3) is 0 Å². The first-order valence-electron chi connectivity index (χ1n) is 12.3. The Morgan fingerprint density at radius 3 is 1.86 bits per heavy atom. The molecule has 8 N–H and O–H groups in total. The van der Waals surface area contributed by atoms with Crippen LogP contribution in [0, 0.1) is 0 Å². The molecule has 0 aliphatic rings. The minimum Gasteiger partial charge on any atom is -0.480 e. The first-order chi connectivity index (χ1) is 17.7. The molecular formula is C25H41N5O5S2. The Balaban J connectivity index is 2.92. The fourth-order valence-corrected chi connectivity index (χ4v) is 4.49. The highest BCUT2D eigenvalue weighted by molar-refractivity contribution is 7.98. The van der Waals surface area contributed by atoms with Gasteiger partial charge in [-0.1, -0.05) is 30.3 Å². The van der Waals surface area contributed by atoms with E-state index in [1.807, 2.05) is 42.8 Å². The topological polar surface area (TPSA) is 177 Å². The van der Waals surface area contributed by atoms with Crippen molar-refractivity contribution >= 4 is 47.2 Å². The predicted octanol–water partition coefficient (Wildman–Crippen LogP) is 0.731. The van der Waals surface area contributed by atoms with Gasteiger partial charge in [0.25, 0.3) is 0 Å². The van der Waals surface area contributed by atoms with E-state index >= 15 is 0 Å². The van der Waals surface area contributed by atoms with E-state index in [1.165, 1.54) is 23.5 Å². The molecule has 0 saturated heterocycles. The van der Waals surface area contributed by atoms with Crippen LogP contribution < -0.4 is 27.4 Å². The summed E-state index contributed by atoms with van der Waals surface area (Å²) in [5.41, 5.74) is 12.6. The minimum atomic E-state index is -1.13. The average molecular weight is 556 g/mol. The first kappa shape index (κ1) is 32.7. The Kier molecular flexibility index (Phi) is 16.7. The number of benzene rings is 1. The van der Waals surface area contributed by atoms with Gasteiger partial charge in [-0.3, -0.25) is 14.4 Å². The largest absolute Gasteiger partial charge is 0.480 e. The highest BCUT2D eigenvalue weighted by atomic mass is 32.2. The van der Waals surface area contributed by atoms with Gasteiger partial charge in [0.15, 0.2) is 0 Å². The van der Waals surface area contributed by atoms with E-state index in [-0.39, 0.29) is 6.42 Å². The van der Waals surface area contributed by atoms with Crippen LogP contribution in [0.3, 0.4) is 0 Å². The molecule has 12 heteroatoms. The molecule has 1 rings (SSSR count).